The first kappa shape index (κ1) is 24.3. The highest BCUT2D eigenvalue weighted by Gasteiger charge is 2.69. The van der Waals surface area contributed by atoms with Gasteiger partial charge >= 0.3 is 5.97 Å². The molecule has 4 heteroatoms. The van der Waals surface area contributed by atoms with Gasteiger partial charge in [0.05, 0.1) is 12.2 Å². The number of hydrogen-bond donors (Lipinski definition) is 3. The summed E-state index contributed by atoms with van der Waals surface area (Å²) in [5.41, 5.74) is 0.0739. The number of aliphatic hydroxyl groups is 2. The van der Waals surface area contributed by atoms with E-state index >= 15 is 0 Å². The standard InChI is InChI=1S/C28H46O4/c1-6-19-25(32)24-21-10-9-20(17(3)8-11-23(30)31)26(21,4)14-13-22(24)27(5)15-12-18(29)16-28(19,27)7-2/h7,17-22,24-25,29,32H,2,6,8-16H2,1,3-5H3,(H,30,31)/t17-,18-,19+,20-,21?,22?,24+,25-,26-,27-,28+/m1/s1. The van der Waals surface area contributed by atoms with Crippen LogP contribution in [0.5, 0.6) is 0 Å². The van der Waals surface area contributed by atoms with Gasteiger partial charge in [0.2, 0.25) is 0 Å². The molecule has 0 aromatic rings. The smallest absolute Gasteiger partial charge is 0.303 e. The van der Waals surface area contributed by atoms with Gasteiger partial charge in [-0.2, -0.15) is 0 Å². The molecule has 3 N–H and O–H groups in total. The Morgan fingerprint density at radius 2 is 1.84 bits per heavy atom. The van der Waals surface area contributed by atoms with Gasteiger partial charge in [0.25, 0.3) is 0 Å². The van der Waals surface area contributed by atoms with Gasteiger partial charge in [0, 0.05) is 11.8 Å². The van der Waals surface area contributed by atoms with Crippen molar-refractivity contribution in [1.29, 1.82) is 0 Å². The third-order valence-corrected chi connectivity index (χ3v) is 11.6. The number of hydrogen-bond acceptors (Lipinski definition) is 3. The summed E-state index contributed by atoms with van der Waals surface area (Å²) >= 11 is 0. The summed E-state index contributed by atoms with van der Waals surface area (Å²) in [6, 6.07) is 0. The number of rotatable bonds is 6. The van der Waals surface area contributed by atoms with Crippen molar-refractivity contribution < 1.29 is 20.1 Å². The Labute approximate surface area is 194 Å². The van der Waals surface area contributed by atoms with Crippen LogP contribution in [0.2, 0.25) is 0 Å². The zero-order valence-electron chi connectivity index (χ0n) is 20.7. The second-order valence-corrected chi connectivity index (χ2v) is 12.5. The molecule has 11 atom stereocenters. The Morgan fingerprint density at radius 1 is 1.12 bits per heavy atom. The lowest BCUT2D eigenvalue weighted by Gasteiger charge is -2.69. The summed E-state index contributed by atoms with van der Waals surface area (Å²) in [6.07, 6.45) is 10.7. The van der Waals surface area contributed by atoms with Crippen molar-refractivity contribution in [3.8, 4) is 0 Å². The first-order valence-electron chi connectivity index (χ1n) is 13.3. The SMILES string of the molecule is C=C[C@@]12C[C@H](O)CC[C@]1(C)C1CC[C@@]3(C)C(CC[C@@H]3[C@H](C)CCC(=O)O)[C@@H]1[C@H](O)[C@@H]2CC. The number of allylic oxidation sites excluding steroid dienone is 1. The van der Waals surface area contributed by atoms with Crippen LogP contribution in [-0.4, -0.2) is 33.5 Å². The highest BCUT2D eigenvalue weighted by Crippen LogP contribution is 2.73. The van der Waals surface area contributed by atoms with E-state index in [1.807, 2.05) is 0 Å². The number of fused-ring (bicyclic) bond motifs is 5. The molecule has 0 saturated heterocycles. The molecule has 182 valence electrons. The predicted molar refractivity (Wildman–Crippen MR) is 127 cm³/mol. The minimum atomic E-state index is -0.693. The van der Waals surface area contributed by atoms with Gasteiger partial charge in [0.1, 0.15) is 0 Å². The van der Waals surface area contributed by atoms with E-state index in [0.717, 1.165) is 51.4 Å². The summed E-state index contributed by atoms with van der Waals surface area (Å²) < 4.78 is 0. The van der Waals surface area contributed by atoms with Gasteiger partial charge in [0.15, 0.2) is 0 Å². The van der Waals surface area contributed by atoms with Gasteiger partial charge in [-0.05, 0) is 104 Å². The lowest BCUT2D eigenvalue weighted by atomic mass is 9.36. The van der Waals surface area contributed by atoms with Crippen molar-refractivity contribution in [2.24, 2.45) is 51.8 Å². The Balaban J connectivity index is 1.68. The highest BCUT2D eigenvalue weighted by atomic mass is 16.4. The molecular formula is C28H46O4. The highest BCUT2D eigenvalue weighted by molar-refractivity contribution is 5.66. The topological polar surface area (TPSA) is 77.8 Å². The molecule has 4 aliphatic carbocycles. The largest absolute Gasteiger partial charge is 0.481 e. The molecule has 4 saturated carbocycles. The van der Waals surface area contributed by atoms with E-state index in [1.165, 1.54) is 6.42 Å². The van der Waals surface area contributed by atoms with E-state index < -0.39 is 5.97 Å². The summed E-state index contributed by atoms with van der Waals surface area (Å²) in [4.78, 5) is 11.2. The quantitative estimate of drug-likeness (QED) is 0.459. The first-order chi connectivity index (χ1) is 15.1. The van der Waals surface area contributed by atoms with Gasteiger partial charge in [-0.15, -0.1) is 6.58 Å². The second kappa shape index (κ2) is 8.41. The molecule has 0 aliphatic heterocycles. The number of carbonyl (C=O) groups is 1. The Morgan fingerprint density at radius 3 is 2.47 bits per heavy atom. The fraction of sp³-hybridized carbons (Fsp3) is 0.893. The van der Waals surface area contributed by atoms with E-state index in [0.29, 0.717) is 29.6 Å². The van der Waals surface area contributed by atoms with Crippen LogP contribution in [0.1, 0.15) is 91.9 Å². The molecule has 2 unspecified atom stereocenters. The maximum Gasteiger partial charge on any atom is 0.303 e. The number of aliphatic carboxylic acids is 1. The maximum atomic E-state index is 12.0. The van der Waals surface area contributed by atoms with Crippen molar-refractivity contribution >= 4 is 5.97 Å². The van der Waals surface area contributed by atoms with Crippen LogP contribution in [-0.2, 0) is 4.79 Å². The summed E-state index contributed by atoms with van der Waals surface area (Å²) in [6.45, 7) is 13.7. The monoisotopic (exact) mass is 446 g/mol. The Bertz CT molecular complexity index is 735. The zero-order chi connectivity index (χ0) is 23.5. The summed E-state index contributed by atoms with van der Waals surface area (Å²) in [7, 11) is 0. The van der Waals surface area contributed by atoms with Crippen molar-refractivity contribution in [1.82, 2.24) is 0 Å². The molecule has 0 aromatic carbocycles. The molecule has 32 heavy (non-hydrogen) atoms. The van der Waals surface area contributed by atoms with Gasteiger partial charge in [-0.1, -0.05) is 33.8 Å². The molecule has 4 aliphatic rings. The van der Waals surface area contributed by atoms with Crippen molar-refractivity contribution in [2.75, 3.05) is 0 Å². The second-order valence-electron chi connectivity index (χ2n) is 12.5. The average Bonchev–Trinajstić information content (AvgIpc) is 3.10. The lowest BCUT2D eigenvalue weighted by Crippen LogP contribution is -2.66. The third kappa shape index (κ3) is 3.26. The minimum absolute atomic E-state index is 0.0763. The molecule has 4 nitrogen and oxygen atoms in total. The minimum Gasteiger partial charge on any atom is -0.481 e. The van der Waals surface area contributed by atoms with E-state index in [2.05, 4.69) is 40.3 Å². The number of aliphatic hydroxyl groups excluding tert-OH is 2. The normalized spacial score (nSPS) is 51.2. The van der Waals surface area contributed by atoms with Crippen LogP contribution < -0.4 is 0 Å². The molecule has 0 radical (unpaired) electrons. The van der Waals surface area contributed by atoms with Crippen molar-refractivity contribution in [2.45, 2.75) is 104 Å². The maximum absolute atomic E-state index is 12.0. The van der Waals surface area contributed by atoms with Crippen LogP contribution >= 0.6 is 0 Å². The molecule has 0 heterocycles. The van der Waals surface area contributed by atoms with Gasteiger partial charge in [-0.25, -0.2) is 0 Å². The predicted octanol–water partition coefficient (Wildman–Crippen LogP) is 5.67. The number of carboxylic acids is 1. The fourth-order valence-corrected chi connectivity index (χ4v) is 10.1. The van der Waals surface area contributed by atoms with Crippen LogP contribution in [0.4, 0.5) is 0 Å². The van der Waals surface area contributed by atoms with Gasteiger partial charge < -0.3 is 15.3 Å². The molecule has 0 aromatic heterocycles. The fourth-order valence-electron chi connectivity index (χ4n) is 10.1. The third-order valence-electron chi connectivity index (χ3n) is 11.6. The van der Waals surface area contributed by atoms with Crippen LogP contribution in [0.15, 0.2) is 12.7 Å². The Kier molecular flexibility index (Phi) is 6.38. The first-order valence-corrected chi connectivity index (χ1v) is 13.3. The molecule has 0 bridgehead atoms. The van der Waals surface area contributed by atoms with E-state index in [9.17, 15) is 20.1 Å². The molecular weight excluding hydrogens is 400 g/mol. The van der Waals surface area contributed by atoms with Crippen LogP contribution in [0.25, 0.3) is 0 Å². The molecule has 4 rings (SSSR count). The lowest BCUT2D eigenvalue weighted by molar-refractivity contribution is -0.232. The molecule has 0 amide bonds. The van der Waals surface area contributed by atoms with E-state index in [1.54, 1.807) is 0 Å². The van der Waals surface area contributed by atoms with Crippen molar-refractivity contribution in [3.63, 3.8) is 0 Å². The van der Waals surface area contributed by atoms with Crippen LogP contribution in [0.3, 0.4) is 0 Å². The van der Waals surface area contributed by atoms with Gasteiger partial charge in [-0.3, -0.25) is 4.79 Å². The Hall–Kier alpha value is -0.870. The number of carboxylic acid groups (broad SMARTS) is 1. The van der Waals surface area contributed by atoms with Crippen molar-refractivity contribution in [3.05, 3.63) is 12.7 Å². The zero-order valence-corrected chi connectivity index (χ0v) is 20.7. The average molecular weight is 447 g/mol. The molecule has 4 fully saturated rings. The summed E-state index contributed by atoms with van der Waals surface area (Å²) in [5, 5.41) is 31.8. The van der Waals surface area contributed by atoms with Crippen LogP contribution in [0, 0.1) is 51.8 Å². The van der Waals surface area contributed by atoms with E-state index in [4.69, 9.17) is 0 Å². The molecule has 0 spiro atoms. The summed E-state index contributed by atoms with van der Waals surface area (Å²) in [5.74, 6) is 1.70. The van der Waals surface area contributed by atoms with E-state index in [-0.39, 0.29) is 40.8 Å².